The number of hydrogen-bond donors (Lipinski definition) is 0. The van der Waals surface area contributed by atoms with Gasteiger partial charge in [-0.1, -0.05) is 146 Å². The Bertz CT molecular complexity index is 3850. The number of furan rings is 2. The van der Waals surface area contributed by atoms with Crippen LogP contribution in [0.2, 0.25) is 0 Å². The zero-order valence-corrected chi connectivity index (χ0v) is 33.5. The third-order valence-electron chi connectivity index (χ3n) is 12.6. The van der Waals surface area contributed by atoms with Gasteiger partial charge in [-0.3, -0.25) is 4.57 Å². The quantitative estimate of drug-likeness (QED) is 0.157. The topological polar surface area (TPSA) is 34.5 Å². The molecule has 0 bridgehead atoms. The predicted molar refractivity (Wildman–Crippen MR) is 258 cm³/mol. The fraction of sp³-hybridized carbons (Fsp3) is 0. The lowest BCUT2D eigenvalue weighted by Gasteiger charge is -2.26. The van der Waals surface area contributed by atoms with E-state index in [0.29, 0.717) is 0 Å². The minimum atomic E-state index is 0.852. The highest BCUT2D eigenvalue weighted by Crippen LogP contribution is 2.45. The van der Waals surface area contributed by atoms with Gasteiger partial charge in [0.15, 0.2) is 5.58 Å². The molecule has 0 N–H and O–H groups in total. The Balaban J connectivity index is 0.929. The summed E-state index contributed by atoms with van der Waals surface area (Å²) in [4.78, 5) is 2.31. The first-order chi connectivity index (χ1) is 30.7. The monoisotopic (exact) mass is 792 g/mol. The number of para-hydroxylation sites is 4. The molecule has 0 atom stereocenters. The third kappa shape index (κ3) is 5.27. The highest BCUT2D eigenvalue weighted by molar-refractivity contribution is 6.20. The number of fused-ring (bicyclic) bond motifs is 11. The molecule has 13 aromatic rings. The first kappa shape index (κ1) is 34.5. The summed E-state index contributed by atoms with van der Waals surface area (Å²) in [7, 11) is 0. The molecular weight excluding hydrogens is 757 g/mol. The maximum atomic E-state index is 6.76. The van der Waals surface area contributed by atoms with Gasteiger partial charge in [0, 0.05) is 38.6 Å². The average molecular weight is 793 g/mol. The lowest BCUT2D eigenvalue weighted by Crippen LogP contribution is -2.10. The van der Waals surface area contributed by atoms with Crippen molar-refractivity contribution in [2.24, 2.45) is 0 Å². The molecule has 0 aliphatic heterocycles. The van der Waals surface area contributed by atoms with E-state index in [1.54, 1.807) is 0 Å². The minimum Gasteiger partial charge on any atom is -0.454 e. The van der Waals surface area contributed by atoms with Crippen LogP contribution in [0.15, 0.2) is 227 Å². The van der Waals surface area contributed by atoms with E-state index in [1.807, 2.05) is 18.2 Å². The van der Waals surface area contributed by atoms with E-state index < -0.39 is 0 Å². The van der Waals surface area contributed by atoms with Crippen molar-refractivity contribution < 1.29 is 8.83 Å². The van der Waals surface area contributed by atoms with Gasteiger partial charge >= 0.3 is 0 Å². The Morgan fingerprint density at radius 3 is 1.81 bits per heavy atom. The number of nitrogens with zero attached hydrogens (tertiary/aromatic N) is 2. The summed E-state index contributed by atoms with van der Waals surface area (Å²) in [6, 6.07) is 77.8. The van der Waals surface area contributed by atoms with Crippen LogP contribution in [0, 0.1) is 0 Å². The second-order valence-electron chi connectivity index (χ2n) is 16.1. The normalized spacial score (nSPS) is 11.9. The zero-order valence-electron chi connectivity index (χ0n) is 33.5. The van der Waals surface area contributed by atoms with Crippen LogP contribution < -0.4 is 4.90 Å². The van der Waals surface area contributed by atoms with Crippen molar-refractivity contribution in [3.8, 4) is 27.9 Å². The first-order valence-corrected chi connectivity index (χ1v) is 21.1. The molecule has 290 valence electrons. The molecule has 0 radical (unpaired) electrons. The second-order valence-corrected chi connectivity index (χ2v) is 16.1. The number of rotatable bonds is 6. The van der Waals surface area contributed by atoms with Crippen LogP contribution in [0.3, 0.4) is 0 Å². The molecule has 10 aromatic carbocycles. The largest absolute Gasteiger partial charge is 0.454 e. The smallest absolute Gasteiger partial charge is 0.213 e. The van der Waals surface area contributed by atoms with Crippen molar-refractivity contribution in [3.05, 3.63) is 218 Å². The van der Waals surface area contributed by atoms with Crippen LogP contribution in [-0.4, -0.2) is 4.57 Å². The Morgan fingerprint density at radius 2 is 1.00 bits per heavy atom. The van der Waals surface area contributed by atoms with Crippen molar-refractivity contribution in [1.29, 1.82) is 0 Å². The standard InChI is InChI=1S/C58H36N2O2/c1-2-14-41(15-3-1)60-52-22-10-8-20-49(52)56-50-34-29-39(36-55(50)62-58(56)60)37-25-30-42(31-26-37)59(53-23-12-21-48-47-19-9-11-24-54(47)61-57(48)53)43-32-27-38(28-33-43)51-35-40-13-4-5-16-44(40)45-17-6-7-18-46(45)51/h1-36H. The van der Waals surface area contributed by atoms with E-state index in [0.717, 1.165) is 83.4 Å². The van der Waals surface area contributed by atoms with Crippen LogP contribution in [0.4, 0.5) is 17.1 Å². The van der Waals surface area contributed by atoms with E-state index in [2.05, 4.69) is 210 Å². The lowest BCUT2D eigenvalue weighted by molar-refractivity contribution is 0.645. The maximum absolute atomic E-state index is 6.76. The average Bonchev–Trinajstić information content (AvgIpc) is 4.01. The molecule has 3 heterocycles. The van der Waals surface area contributed by atoms with Gasteiger partial charge in [0.2, 0.25) is 5.71 Å². The molecule has 0 unspecified atom stereocenters. The van der Waals surface area contributed by atoms with Crippen LogP contribution in [0.1, 0.15) is 0 Å². The fourth-order valence-electron chi connectivity index (χ4n) is 9.73. The first-order valence-electron chi connectivity index (χ1n) is 21.1. The Kier molecular flexibility index (Phi) is 7.57. The molecule has 0 amide bonds. The highest BCUT2D eigenvalue weighted by Gasteiger charge is 2.22. The van der Waals surface area contributed by atoms with Gasteiger partial charge in [-0.25, -0.2) is 0 Å². The van der Waals surface area contributed by atoms with Gasteiger partial charge in [-0.05, 0) is 117 Å². The van der Waals surface area contributed by atoms with E-state index in [-0.39, 0.29) is 0 Å². The molecule has 13 rings (SSSR count). The van der Waals surface area contributed by atoms with Crippen LogP contribution in [0.5, 0.6) is 0 Å². The molecular formula is C58H36N2O2. The summed E-state index contributed by atoms with van der Waals surface area (Å²) < 4.78 is 15.6. The summed E-state index contributed by atoms with van der Waals surface area (Å²) >= 11 is 0. The molecule has 0 saturated heterocycles. The summed E-state index contributed by atoms with van der Waals surface area (Å²) in [5, 5.41) is 10.6. The van der Waals surface area contributed by atoms with Crippen LogP contribution in [-0.2, 0) is 0 Å². The van der Waals surface area contributed by atoms with Gasteiger partial charge in [-0.2, -0.15) is 0 Å². The SMILES string of the molecule is c1ccc(-n2c3ccccc3c3c4ccc(-c5ccc(N(c6ccc(-c7cc8ccccc8c8ccccc78)cc6)c6cccc7c6oc6ccccc67)cc5)cc4oc32)cc1. The summed E-state index contributed by atoms with van der Waals surface area (Å²) in [6.45, 7) is 0. The summed E-state index contributed by atoms with van der Waals surface area (Å²) in [6.07, 6.45) is 0. The van der Waals surface area contributed by atoms with Crippen molar-refractivity contribution in [2.75, 3.05) is 4.90 Å². The lowest BCUT2D eigenvalue weighted by atomic mass is 9.93. The second kappa shape index (κ2) is 13.6. The van der Waals surface area contributed by atoms with Gasteiger partial charge in [-0.15, -0.1) is 0 Å². The number of benzene rings is 10. The molecule has 0 aliphatic rings. The van der Waals surface area contributed by atoms with Crippen LogP contribution in [0.25, 0.3) is 104 Å². The van der Waals surface area contributed by atoms with Gasteiger partial charge in [0.05, 0.1) is 16.6 Å². The molecule has 3 aromatic heterocycles. The molecule has 0 spiro atoms. The van der Waals surface area contributed by atoms with E-state index in [9.17, 15) is 0 Å². The molecule has 0 saturated carbocycles. The van der Waals surface area contributed by atoms with Crippen LogP contribution >= 0.6 is 0 Å². The minimum absolute atomic E-state index is 0.852. The molecule has 62 heavy (non-hydrogen) atoms. The molecule has 0 fully saturated rings. The highest BCUT2D eigenvalue weighted by atomic mass is 16.3. The van der Waals surface area contributed by atoms with Crippen molar-refractivity contribution >= 4 is 93.5 Å². The van der Waals surface area contributed by atoms with Gasteiger partial charge < -0.3 is 13.7 Å². The number of aromatic nitrogens is 1. The molecule has 0 aliphatic carbocycles. The van der Waals surface area contributed by atoms with E-state index in [4.69, 9.17) is 8.83 Å². The predicted octanol–water partition coefficient (Wildman–Crippen LogP) is 16.5. The Hall–Kier alpha value is -8.34. The molecule has 4 heteroatoms. The van der Waals surface area contributed by atoms with Crippen molar-refractivity contribution in [2.45, 2.75) is 0 Å². The van der Waals surface area contributed by atoms with Gasteiger partial charge in [0.1, 0.15) is 11.2 Å². The zero-order chi connectivity index (χ0) is 40.7. The number of hydrogen-bond acceptors (Lipinski definition) is 3. The van der Waals surface area contributed by atoms with Crippen molar-refractivity contribution in [3.63, 3.8) is 0 Å². The van der Waals surface area contributed by atoms with E-state index >= 15 is 0 Å². The fourth-order valence-corrected chi connectivity index (χ4v) is 9.73. The summed E-state index contributed by atoms with van der Waals surface area (Å²) in [5.41, 5.74) is 13.3. The van der Waals surface area contributed by atoms with Crippen molar-refractivity contribution in [1.82, 2.24) is 4.57 Å². The Labute approximate surface area is 356 Å². The Morgan fingerprint density at radius 1 is 0.371 bits per heavy atom. The van der Waals surface area contributed by atoms with E-state index in [1.165, 1.54) is 38.1 Å². The number of anilines is 3. The summed E-state index contributed by atoms with van der Waals surface area (Å²) in [5.74, 6) is 0. The maximum Gasteiger partial charge on any atom is 0.213 e. The molecule has 4 nitrogen and oxygen atoms in total. The van der Waals surface area contributed by atoms with Gasteiger partial charge in [0.25, 0.3) is 0 Å². The third-order valence-corrected chi connectivity index (χ3v) is 12.6.